The van der Waals surface area contributed by atoms with Gasteiger partial charge >= 0.3 is 0 Å². The molecule has 0 aliphatic heterocycles. The molecule has 0 spiro atoms. The lowest BCUT2D eigenvalue weighted by molar-refractivity contribution is 0.575. The van der Waals surface area contributed by atoms with E-state index in [1.165, 1.54) is 5.82 Å². The van der Waals surface area contributed by atoms with Crippen LogP contribution in [0.1, 0.15) is 32.5 Å². The lowest BCUT2D eigenvalue weighted by Gasteiger charge is -2.09. The van der Waals surface area contributed by atoms with Gasteiger partial charge in [0.1, 0.15) is 5.82 Å². The maximum atomic E-state index is 4.33. The fraction of sp³-hybridized carbons (Fsp3) is 0.700. The van der Waals surface area contributed by atoms with Crippen molar-refractivity contribution in [3.63, 3.8) is 0 Å². The van der Waals surface area contributed by atoms with Gasteiger partial charge in [-0.05, 0) is 6.54 Å². The van der Waals surface area contributed by atoms with Gasteiger partial charge < -0.3 is 9.88 Å². The monoisotopic (exact) mass is 181 g/mol. The normalized spacial score (nSPS) is 11.1. The molecule has 1 aromatic rings. The molecule has 1 rings (SSSR count). The topological polar surface area (TPSA) is 29.9 Å². The fourth-order valence-electron chi connectivity index (χ4n) is 1.39. The van der Waals surface area contributed by atoms with Crippen LogP contribution in [0.25, 0.3) is 0 Å². The number of nitrogens with one attached hydrogen (secondary N) is 1. The molecule has 0 aliphatic carbocycles. The third-order valence-electron chi connectivity index (χ3n) is 2.04. The van der Waals surface area contributed by atoms with Crippen molar-refractivity contribution >= 4 is 0 Å². The molecule has 0 atom stereocenters. The molecular weight excluding hydrogens is 162 g/mol. The van der Waals surface area contributed by atoms with Gasteiger partial charge in [0.25, 0.3) is 0 Å². The Morgan fingerprint density at radius 1 is 1.54 bits per heavy atom. The molecule has 0 radical (unpaired) electrons. The average Bonchev–Trinajstić information content (AvgIpc) is 2.53. The number of nitrogens with zero attached hydrogens (tertiary/aromatic N) is 2. The third kappa shape index (κ3) is 2.84. The second-order valence-electron chi connectivity index (χ2n) is 3.49. The van der Waals surface area contributed by atoms with E-state index in [-0.39, 0.29) is 0 Å². The first-order chi connectivity index (χ1) is 6.25. The summed E-state index contributed by atoms with van der Waals surface area (Å²) in [5.41, 5.74) is 0. The van der Waals surface area contributed by atoms with E-state index in [4.69, 9.17) is 0 Å². The molecule has 13 heavy (non-hydrogen) atoms. The number of likely N-dealkylation sites (N-methyl/N-ethyl adjacent to an activating group) is 1. The van der Waals surface area contributed by atoms with Gasteiger partial charge in [-0.15, -0.1) is 0 Å². The Kier molecular flexibility index (Phi) is 3.96. The molecule has 0 saturated carbocycles. The van der Waals surface area contributed by atoms with Crippen LogP contribution >= 0.6 is 0 Å². The van der Waals surface area contributed by atoms with Crippen LogP contribution in [0.3, 0.4) is 0 Å². The molecular formula is C10H19N3. The predicted octanol–water partition coefficient (Wildman–Crippen LogP) is 1.62. The minimum Gasteiger partial charge on any atom is -0.333 e. The summed E-state index contributed by atoms with van der Waals surface area (Å²) in [6.07, 6.45) is 3.92. The van der Waals surface area contributed by atoms with Gasteiger partial charge in [-0.25, -0.2) is 4.98 Å². The van der Waals surface area contributed by atoms with Crippen molar-refractivity contribution in [2.75, 3.05) is 13.1 Å². The largest absolute Gasteiger partial charge is 0.333 e. The zero-order valence-corrected chi connectivity index (χ0v) is 8.75. The van der Waals surface area contributed by atoms with E-state index < -0.39 is 0 Å². The molecule has 74 valence electrons. The minimum absolute atomic E-state index is 0.511. The SMILES string of the molecule is CCNCCn1ccnc1C(C)C. The zero-order valence-electron chi connectivity index (χ0n) is 8.75. The van der Waals surface area contributed by atoms with E-state index in [2.05, 4.69) is 35.6 Å². The van der Waals surface area contributed by atoms with Crippen LogP contribution in [0, 0.1) is 0 Å². The first-order valence-corrected chi connectivity index (χ1v) is 4.97. The van der Waals surface area contributed by atoms with Crippen molar-refractivity contribution in [1.82, 2.24) is 14.9 Å². The average molecular weight is 181 g/mol. The van der Waals surface area contributed by atoms with Crippen molar-refractivity contribution in [2.45, 2.75) is 33.2 Å². The van der Waals surface area contributed by atoms with Crippen LogP contribution in [0.5, 0.6) is 0 Å². The summed E-state index contributed by atoms with van der Waals surface area (Å²) >= 11 is 0. The Bertz CT molecular complexity index is 240. The van der Waals surface area contributed by atoms with Crippen LogP contribution in [0.4, 0.5) is 0 Å². The van der Waals surface area contributed by atoms with Gasteiger partial charge in [0.05, 0.1) is 0 Å². The van der Waals surface area contributed by atoms with Crippen molar-refractivity contribution in [3.8, 4) is 0 Å². The fourth-order valence-corrected chi connectivity index (χ4v) is 1.39. The second-order valence-corrected chi connectivity index (χ2v) is 3.49. The van der Waals surface area contributed by atoms with Crippen LogP contribution in [0.15, 0.2) is 12.4 Å². The highest BCUT2D eigenvalue weighted by molar-refractivity contribution is 4.97. The Labute approximate surface area is 80.2 Å². The smallest absolute Gasteiger partial charge is 0.111 e. The Balaban J connectivity index is 2.50. The highest BCUT2D eigenvalue weighted by Crippen LogP contribution is 2.10. The molecule has 0 fully saturated rings. The standard InChI is InChI=1S/C10H19N3/c1-4-11-5-7-13-8-6-12-10(13)9(2)3/h6,8-9,11H,4-5,7H2,1-3H3. The van der Waals surface area contributed by atoms with E-state index in [1.807, 2.05) is 12.4 Å². The minimum atomic E-state index is 0.511. The Hall–Kier alpha value is -0.830. The number of rotatable bonds is 5. The van der Waals surface area contributed by atoms with E-state index in [9.17, 15) is 0 Å². The summed E-state index contributed by atoms with van der Waals surface area (Å²) in [4.78, 5) is 4.33. The number of hydrogen-bond acceptors (Lipinski definition) is 2. The molecule has 1 N–H and O–H groups in total. The highest BCUT2D eigenvalue weighted by atomic mass is 15.1. The van der Waals surface area contributed by atoms with Crippen molar-refractivity contribution in [1.29, 1.82) is 0 Å². The van der Waals surface area contributed by atoms with Crippen LogP contribution in [-0.4, -0.2) is 22.6 Å². The maximum Gasteiger partial charge on any atom is 0.111 e. The molecule has 0 unspecified atom stereocenters. The van der Waals surface area contributed by atoms with E-state index in [0.717, 1.165) is 19.6 Å². The van der Waals surface area contributed by atoms with Crippen molar-refractivity contribution in [2.24, 2.45) is 0 Å². The number of aromatic nitrogens is 2. The van der Waals surface area contributed by atoms with Crippen molar-refractivity contribution < 1.29 is 0 Å². The summed E-state index contributed by atoms with van der Waals surface area (Å²) in [6, 6.07) is 0. The summed E-state index contributed by atoms with van der Waals surface area (Å²) < 4.78 is 2.22. The Morgan fingerprint density at radius 3 is 2.92 bits per heavy atom. The van der Waals surface area contributed by atoms with Gasteiger partial charge in [0.2, 0.25) is 0 Å². The Morgan fingerprint density at radius 2 is 2.31 bits per heavy atom. The summed E-state index contributed by atoms with van der Waals surface area (Å²) in [5.74, 6) is 1.69. The molecule has 0 amide bonds. The molecule has 0 bridgehead atoms. The summed E-state index contributed by atoms with van der Waals surface area (Å²) in [5, 5.41) is 3.30. The molecule has 0 saturated heterocycles. The maximum absolute atomic E-state index is 4.33. The quantitative estimate of drug-likeness (QED) is 0.699. The molecule has 3 heteroatoms. The molecule has 1 aromatic heterocycles. The third-order valence-corrected chi connectivity index (χ3v) is 2.04. The van der Waals surface area contributed by atoms with Gasteiger partial charge in [0, 0.05) is 31.4 Å². The van der Waals surface area contributed by atoms with E-state index in [1.54, 1.807) is 0 Å². The molecule has 0 aromatic carbocycles. The van der Waals surface area contributed by atoms with Gasteiger partial charge in [-0.1, -0.05) is 20.8 Å². The number of imidazole rings is 1. The molecule has 0 aliphatic rings. The summed E-state index contributed by atoms with van der Waals surface area (Å²) in [7, 11) is 0. The number of hydrogen-bond donors (Lipinski definition) is 1. The van der Waals surface area contributed by atoms with Crippen LogP contribution in [0.2, 0.25) is 0 Å². The summed E-state index contributed by atoms with van der Waals surface area (Å²) in [6.45, 7) is 9.54. The van der Waals surface area contributed by atoms with Gasteiger partial charge in [0.15, 0.2) is 0 Å². The highest BCUT2D eigenvalue weighted by Gasteiger charge is 2.05. The lowest BCUT2D eigenvalue weighted by atomic mass is 10.2. The molecule has 1 heterocycles. The first kappa shape index (κ1) is 10.3. The van der Waals surface area contributed by atoms with Gasteiger partial charge in [-0.3, -0.25) is 0 Å². The van der Waals surface area contributed by atoms with E-state index in [0.29, 0.717) is 5.92 Å². The predicted molar refractivity (Wildman–Crippen MR) is 54.9 cm³/mol. The zero-order chi connectivity index (χ0) is 9.68. The lowest BCUT2D eigenvalue weighted by Crippen LogP contribution is -2.20. The van der Waals surface area contributed by atoms with Gasteiger partial charge in [-0.2, -0.15) is 0 Å². The van der Waals surface area contributed by atoms with E-state index >= 15 is 0 Å². The molecule has 3 nitrogen and oxygen atoms in total. The first-order valence-electron chi connectivity index (χ1n) is 4.97. The second kappa shape index (κ2) is 5.02. The van der Waals surface area contributed by atoms with Crippen LogP contribution in [-0.2, 0) is 6.54 Å². The van der Waals surface area contributed by atoms with Crippen molar-refractivity contribution in [3.05, 3.63) is 18.2 Å². The van der Waals surface area contributed by atoms with Crippen LogP contribution < -0.4 is 5.32 Å².